The Hall–Kier alpha value is -3.88. The number of anilines is 2. The summed E-state index contributed by atoms with van der Waals surface area (Å²) >= 11 is 0. The quantitative estimate of drug-likeness (QED) is 0.362. The zero-order chi connectivity index (χ0) is 23.6. The maximum Gasteiger partial charge on any atom is 0.145 e. The van der Waals surface area contributed by atoms with Crippen LogP contribution in [-0.2, 0) is 7.05 Å². The van der Waals surface area contributed by atoms with Crippen molar-refractivity contribution in [2.45, 2.75) is 46.0 Å². The minimum atomic E-state index is 0.564. The number of rotatable bonds is 5. The number of aryl methyl sites for hydroxylation is 4. The molecule has 9 nitrogen and oxygen atoms in total. The molecule has 1 aromatic carbocycles. The van der Waals surface area contributed by atoms with Crippen LogP contribution in [0.25, 0.3) is 33.1 Å². The smallest absolute Gasteiger partial charge is 0.145 e. The number of hydrogen-bond acceptors (Lipinski definition) is 7. The number of hydrogen-bond donors (Lipinski definition) is 2. The molecule has 0 radical (unpaired) electrons. The highest BCUT2D eigenvalue weighted by Gasteiger charge is 2.24. The van der Waals surface area contributed by atoms with Crippen LogP contribution in [0.2, 0.25) is 0 Å². The monoisotopic (exact) mass is 457 g/mol. The summed E-state index contributed by atoms with van der Waals surface area (Å²) in [5, 5.41) is 14.3. The molecule has 2 N–H and O–H groups in total. The van der Waals surface area contributed by atoms with Crippen LogP contribution < -0.4 is 10.1 Å². The van der Waals surface area contributed by atoms with Crippen molar-refractivity contribution in [3.63, 3.8) is 0 Å². The van der Waals surface area contributed by atoms with E-state index in [9.17, 15) is 0 Å². The van der Waals surface area contributed by atoms with Gasteiger partial charge in [-0.15, -0.1) is 0 Å². The Balaban J connectivity index is 1.52. The van der Waals surface area contributed by atoms with Crippen molar-refractivity contribution in [1.82, 2.24) is 29.9 Å². The fourth-order valence-corrected chi connectivity index (χ4v) is 4.89. The first kappa shape index (κ1) is 20.7. The largest absolute Gasteiger partial charge is 0.496 e. The molecule has 1 aliphatic carbocycles. The van der Waals surface area contributed by atoms with Gasteiger partial charge in [0.25, 0.3) is 0 Å². The highest BCUT2D eigenvalue weighted by atomic mass is 16.5. The van der Waals surface area contributed by atoms with Crippen LogP contribution in [0.5, 0.6) is 5.75 Å². The Morgan fingerprint density at radius 3 is 2.65 bits per heavy atom. The van der Waals surface area contributed by atoms with E-state index in [1.807, 2.05) is 38.6 Å². The molecule has 9 heteroatoms. The lowest BCUT2D eigenvalue weighted by Gasteiger charge is -2.22. The zero-order valence-electron chi connectivity index (χ0n) is 20.0. The lowest BCUT2D eigenvalue weighted by atomic mass is 9.83. The van der Waals surface area contributed by atoms with Crippen LogP contribution in [0.15, 0.2) is 22.7 Å². The molecule has 0 atom stereocenters. The van der Waals surface area contributed by atoms with Gasteiger partial charge in [0.05, 0.1) is 29.4 Å². The molecule has 0 spiro atoms. The number of fused-ring (bicyclic) bond motifs is 3. The maximum atomic E-state index is 5.80. The summed E-state index contributed by atoms with van der Waals surface area (Å²) in [6.07, 6.45) is 3.70. The van der Waals surface area contributed by atoms with Crippen molar-refractivity contribution in [3.8, 4) is 16.9 Å². The molecule has 0 saturated heterocycles. The molecule has 0 amide bonds. The predicted octanol–water partition coefficient (Wildman–Crippen LogP) is 5.44. The first-order valence-electron chi connectivity index (χ1n) is 11.5. The SMILES string of the molecule is COc1cc2c(cc1-c1c(C)noc1C)[nH]c1nc(C)nc(Nc3cc(C4CCC4)nn3C)c12. The number of nitrogens with one attached hydrogen (secondary N) is 2. The van der Waals surface area contributed by atoms with E-state index in [4.69, 9.17) is 19.3 Å². The molecule has 4 aromatic heterocycles. The van der Waals surface area contributed by atoms with Gasteiger partial charge in [-0.1, -0.05) is 11.6 Å². The van der Waals surface area contributed by atoms with E-state index >= 15 is 0 Å². The normalized spacial score (nSPS) is 14.1. The number of nitrogens with zero attached hydrogens (tertiary/aromatic N) is 5. The average molecular weight is 458 g/mol. The van der Waals surface area contributed by atoms with Crippen LogP contribution in [0.4, 0.5) is 11.6 Å². The van der Waals surface area contributed by atoms with Gasteiger partial charge in [-0.25, -0.2) is 9.97 Å². The first-order chi connectivity index (χ1) is 16.4. The van der Waals surface area contributed by atoms with Crippen molar-refractivity contribution in [3.05, 3.63) is 41.2 Å². The highest BCUT2D eigenvalue weighted by Crippen LogP contribution is 2.41. The number of methoxy groups -OCH3 is 1. The van der Waals surface area contributed by atoms with Crippen LogP contribution in [0, 0.1) is 20.8 Å². The zero-order valence-corrected chi connectivity index (χ0v) is 20.0. The molecule has 4 heterocycles. The van der Waals surface area contributed by atoms with Gasteiger partial charge < -0.3 is 19.6 Å². The molecule has 174 valence electrons. The van der Waals surface area contributed by atoms with Gasteiger partial charge in [0.15, 0.2) is 0 Å². The molecule has 1 saturated carbocycles. The third-order valence-electron chi connectivity index (χ3n) is 6.85. The number of aromatic nitrogens is 6. The fourth-order valence-electron chi connectivity index (χ4n) is 4.89. The van der Waals surface area contributed by atoms with Gasteiger partial charge in [-0.3, -0.25) is 4.68 Å². The Kier molecular flexibility index (Phi) is 4.62. The van der Waals surface area contributed by atoms with Gasteiger partial charge in [0, 0.05) is 35.5 Å². The lowest BCUT2D eigenvalue weighted by molar-refractivity contribution is 0.393. The summed E-state index contributed by atoms with van der Waals surface area (Å²) in [7, 11) is 3.64. The fraction of sp³-hybridized carbons (Fsp3) is 0.360. The summed E-state index contributed by atoms with van der Waals surface area (Å²) in [4.78, 5) is 12.9. The van der Waals surface area contributed by atoms with Gasteiger partial charge in [0.1, 0.15) is 34.6 Å². The second kappa shape index (κ2) is 7.58. The van der Waals surface area contributed by atoms with Crippen molar-refractivity contribution in [2.24, 2.45) is 7.05 Å². The second-order valence-corrected chi connectivity index (χ2v) is 9.10. The molecule has 5 aromatic rings. The molecule has 6 rings (SSSR count). The molecule has 34 heavy (non-hydrogen) atoms. The van der Waals surface area contributed by atoms with Crippen LogP contribution in [0.3, 0.4) is 0 Å². The van der Waals surface area contributed by atoms with Crippen LogP contribution in [0.1, 0.15) is 48.2 Å². The van der Waals surface area contributed by atoms with Gasteiger partial charge >= 0.3 is 0 Å². The first-order valence-corrected chi connectivity index (χ1v) is 11.5. The molecule has 1 fully saturated rings. The number of benzene rings is 1. The van der Waals surface area contributed by atoms with E-state index in [2.05, 4.69) is 32.6 Å². The van der Waals surface area contributed by atoms with Crippen LogP contribution in [-0.4, -0.2) is 37.0 Å². The third-order valence-corrected chi connectivity index (χ3v) is 6.85. The van der Waals surface area contributed by atoms with E-state index in [-0.39, 0.29) is 0 Å². The number of ether oxygens (including phenoxy) is 1. The van der Waals surface area contributed by atoms with Crippen molar-refractivity contribution >= 4 is 33.6 Å². The maximum absolute atomic E-state index is 5.80. The Labute approximate surface area is 196 Å². The van der Waals surface area contributed by atoms with Crippen molar-refractivity contribution in [1.29, 1.82) is 0 Å². The Morgan fingerprint density at radius 1 is 1.15 bits per heavy atom. The molecule has 0 unspecified atom stereocenters. The summed E-state index contributed by atoms with van der Waals surface area (Å²) in [6.45, 7) is 5.74. The van der Waals surface area contributed by atoms with E-state index in [0.717, 1.165) is 67.6 Å². The van der Waals surface area contributed by atoms with Gasteiger partial charge in [-0.05, 0) is 45.7 Å². The van der Waals surface area contributed by atoms with Gasteiger partial charge in [-0.2, -0.15) is 5.10 Å². The lowest BCUT2D eigenvalue weighted by Crippen LogP contribution is -2.09. The summed E-state index contributed by atoms with van der Waals surface area (Å²) in [5.41, 5.74) is 5.54. The van der Waals surface area contributed by atoms with Crippen LogP contribution >= 0.6 is 0 Å². The van der Waals surface area contributed by atoms with Crippen molar-refractivity contribution in [2.75, 3.05) is 12.4 Å². The van der Waals surface area contributed by atoms with E-state index in [0.29, 0.717) is 11.7 Å². The molecular formula is C25H27N7O2. The van der Waals surface area contributed by atoms with Gasteiger partial charge in [0.2, 0.25) is 0 Å². The van der Waals surface area contributed by atoms with E-state index in [1.54, 1.807) is 7.11 Å². The van der Waals surface area contributed by atoms with E-state index < -0.39 is 0 Å². The molecule has 1 aliphatic rings. The minimum Gasteiger partial charge on any atom is -0.496 e. The number of aromatic amines is 1. The molecular weight excluding hydrogens is 430 g/mol. The highest BCUT2D eigenvalue weighted by molar-refractivity contribution is 6.13. The Bertz CT molecular complexity index is 1540. The number of H-pyrrole nitrogens is 1. The van der Waals surface area contributed by atoms with Crippen molar-refractivity contribution < 1.29 is 9.26 Å². The Morgan fingerprint density at radius 2 is 1.97 bits per heavy atom. The molecule has 0 bridgehead atoms. The minimum absolute atomic E-state index is 0.564. The second-order valence-electron chi connectivity index (χ2n) is 9.10. The summed E-state index contributed by atoms with van der Waals surface area (Å²) in [6, 6.07) is 6.24. The topological polar surface area (TPSA) is 107 Å². The summed E-state index contributed by atoms with van der Waals surface area (Å²) in [5.74, 6) is 4.39. The summed E-state index contributed by atoms with van der Waals surface area (Å²) < 4.78 is 13.1. The van der Waals surface area contributed by atoms with E-state index in [1.165, 1.54) is 19.3 Å². The molecule has 0 aliphatic heterocycles. The third kappa shape index (κ3) is 3.14. The average Bonchev–Trinajstić information content (AvgIpc) is 3.40. The standard InChI is InChI=1S/C25H27N7O2/c1-12-22(13(2)34-31-12)17-9-19-16(10-20(17)33-5)23-24(28-19)26-14(3)27-25(23)29-21-11-18(30-32(21)4)15-7-6-8-15/h9-11,15H,6-8H2,1-5H3,(H2,26,27,28,29). The predicted molar refractivity (Wildman–Crippen MR) is 131 cm³/mol.